The predicted molar refractivity (Wildman–Crippen MR) is 107 cm³/mol. The molecule has 0 saturated carbocycles. The van der Waals surface area contributed by atoms with Crippen LogP contribution in [0.4, 0.5) is 0 Å². The number of hydrogen-bond donors (Lipinski definition) is 1. The van der Waals surface area contributed by atoms with Crippen LogP contribution in [0.25, 0.3) is 0 Å². The minimum absolute atomic E-state index is 0.159. The third-order valence-electron chi connectivity index (χ3n) is 6.03. The smallest absolute Gasteiger partial charge is 0.335 e. The van der Waals surface area contributed by atoms with Gasteiger partial charge in [-0.15, -0.1) is 0 Å². The van der Waals surface area contributed by atoms with Gasteiger partial charge in [-0.3, -0.25) is 4.79 Å². The Morgan fingerprint density at radius 3 is 2.10 bits per heavy atom. The van der Waals surface area contributed by atoms with Crippen LogP contribution in [0.2, 0.25) is 0 Å². The van der Waals surface area contributed by atoms with Gasteiger partial charge in [0, 0.05) is 16.7 Å². The highest BCUT2D eigenvalue weighted by atomic mass is 16.6. The topological polar surface area (TPSA) is 63.6 Å². The summed E-state index contributed by atoms with van der Waals surface area (Å²) in [7, 11) is 0. The molecule has 1 fully saturated rings. The summed E-state index contributed by atoms with van der Waals surface area (Å²) in [6.07, 6.45) is 0. The number of carbonyl (C=O) groups excluding carboxylic acids is 2. The molecule has 1 saturated heterocycles. The number of aliphatic hydroxyl groups is 1. The molecule has 1 spiro atoms. The number of rotatable bonds is 2. The molecule has 1 aliphatic carbocycles. The second-order valence-corrected chi connectivity index (χ2v) is 7.45. The molecule has 1 aliphatic heterocycles. The van der Waals surface area contributed by atoms with E-state index in [2.05, 4.69) is 6.58 Å². The second kappa shape index (κ2) is 6.00. The van der Waals surface area contributed by atoms with E-state index in [1.807, 2.05) is 36.4 Å². The number of carbonyl (C=O) groups is 2. The predicted octanol–water partition coefficient (Wildman–Crippen LogP) is 3.75. The van der Waals surface area contributed by atoms with Gasteiger partial charge in [0.05, 0.1) is 5.92 Å². The molecule has 3 unspecified atom stereocenters. The third-order valence-corrected chi connectivity index (χ3v) is 6.03. The molecule has 1 heterocycles. The first-order valence-electron chi connectivity index (χ1n) is 9.41. The summed E-state index contributed by atoms with van der Waals surface area (Å²) in [5.41, 5.74) is -1.58. The van der Waals surface area contributed by atoms with E-state index >= 15 is 0 Å². The van der Waals surface area contributed by atoms with Crippen molar-refractivity contribution >= 4 is 11.8 Å². The van der Waals surface area contributed by atoms with Crippen molar-refractivity contribution in [2.24, 2.45) is 0 Å². The molecule has 4 nitrogen and oxygen atoms in total. The number of ether oxygens (including phenoxy) is 1. The summed E-state index contributed by atoms with van der Waals surface area (Å²) in [5.74, 6) is -1.91. The Bertz CT molecular complexity index is 1150. The van der Waals surface area contributed by atoms with E-state index in [0.29, 0.717) is 22.3 Å². The largest absolute Gasteiger partial charge is 0.442 e. The molecule has 0 amide bonds. The zero-order chi connectivity index (χ0) is 20.2. The van der Waals surface area contributed by atoms with Crippen LogP contribution in [0.3, 0.4) is 0 Å². The minimum Gasteiger partial charge on any atom is -0.442 e. The minimum atomic E-state index is -1.85. The fourth-order valence-corrected chi connectivity index (χ4v) is 4.79. The first-order valence-corrected chi connectivity index (χ1v) is 9.41. The number of benzene rings is 3. The summed E-state index contributed by atoms with van der Waals surface area (Å²) < 4.78 is 5.82. The molecular weight excluding hydrogens is 364 g/mol. The SMILES string of the molecule is C=C1C(=O)OC2(C(=O)c3ccccc3C2(O)c2ccccc2)C1c1ccccc1. The number of esters is 1. The van der Waals surface area contributed by atoms with E-state index in [-0.39, 0.29) is 5.57 Å². The van der Waals surface area contributed by atoms with Gasteiger partial charge in [-0.25, -0.2) is 4.79 Å². The van der Waals surface area contributed by atoms with Gasteiger partial charge < -0.3 is 9.84 Å². The number of ketones is 1. The van der Waals surface area contributed by atoms with Crippen molar-refractivity contribution in [3.63, 3.8) is 0 Å². The number of hydrogen-bond acceptors (Lipinski definition) is 4. The quantitative estimate of drug-likeness (QED) is 0.542. The molecule has 3 aromatic carbocycles. The zero-order valence-corrected chi connectivity index (χ0v) is 15.5. The third kappa shape index (κ3) is 2.07. The lowest BCUT2D eigenvalue weighted by molar-refractivity contribution is -0.161. The summed E-state index contributed by atoms with van der Waals surface area (Å²) in [5, 5.41) is 12.3. The average molecular weight is 382 g/mol. The van der Waals surface area contributed by atoms with E-state index in [1.54, 1.807) is 48.5 Å². The summed E-state index contributed by atoms with van der Waals surface area (Å²) in [4.78, 5) is 26.6. The average Bonchev–Trinajstić information content (AvgIpc) is 3.14. The molecule has 0 radical (unpaired) electrons. The summed E-state index contributed by atoms with van der Waals surface area (Å²) in [6.45, 7) is 3.93. The van der Waals surface area contributed by atoms with Crippen molar-refractivity contribution in [3.05, 3.63) is 119 Å². The molecule has 0 aromatic heterocycles. The van der Waals surface area contributed by atoms with Crippen molar-refractivity contribution in [2.75, 3.05) is 0 Å². The van der Waals surface area contributed by atoms with Gasteiger partial charge in [-0.05, 0) is 11.1 Å². The number of fused-ring (bicyclic) bond motifs is 1. The maximum Gasteiger partial charge on any atom is 0.335 e. The van der Waals surface area contributed by atoms with Crippen molar-refractivity contribution in [1.82, 2.24) is 0 Å². The van der Waals surface area contributed by atoms with Crippen LogP contribution < -0.4 is 0 Å². The summed E-state index contributed by atoms with van der Waals surface area (Å²) >= 11 is 0. The van der Waals surface area contributed by atoms with Crippen LogP contribution >= 0.6 is 0 Å². The Morgan fingerprint density at radius 1 is 0.828 bits per heavy atom. The van der Waals surface area contributed by atoms with Gasteiger partial charge in [0.2, 0.25) is 11.4 Å². The monoisotopic (exact) mass is 382 g/mol. The lowest BCUT2D eigenvalue weighted by Crippen LogP contribution is -2.56. The standard InChI is InChI=1S/C25H18O4/c1-16-21(17-10-4-2-5-11-17)25(29-23(16)27)22(26)19-14-8-9-15-20(19)24(25,28)18-12-6-3-7-13-18/h2-15,21,28H,1H2. The maximum absolute atomic E-state index is 13.8. The molecule has 1 N–H and O–H groups in total. The van der Waals surface area contributed by atoms with E-state index in [1.165, 1.54) is 0 Å². The first-order chi connectivity index (χ1) is 14.0. The fourth-order valence-electron chi connectivity index (χ4n) is 4.79. The van der Waals surface area contributed by atoms with Crippen molar-refractivity contribution < 1.29 is 19.4 Å². The van der Waals surface area contributed by atoms with Gasteiger partial charge >= 0.3 is 5.97 Å². The van der Waals surface area contributed by atoms with Crippen LogP contribution in [0.15, 0.2) is 97.1 Å². The Kier molecular flexibility index (Phi) is 3.64. The molecule has 4 heteroatoms. The fraction of sp³-hybridized carbons (Fsp3) is 0.120. The first kappa shape index (κ1) is 17.6. The van der Waals surface area contributed by atoms with Gasteiger partial charge in [0.15, 0.2) is 5.60 Å². The van der Waals surface area contributed by atoms with E-state index in [0.717, 1.165) is 0 Å². The van der Waals surface area contributed by atoms with Crippen LogP contribution in [0, 0.1) is 0 Å². The molecule has 3 atom stereocenters. The van der Waals surface area contributed by atoms with E-state index in [4.69, 9.17) is 4.74 Å². The molecule has 29 heavy (non-hydrogen) atoms. The van der Waals surface area contributed by atoms with Crippen LogP contribution in [-0.4, -0.2) is 22.5 Å². The van der Waals surface area contributed by atoms with Gasteiger partial charge in [-0.2, -0.15) is 0 Å². The highest BCUT2D eigenvalue weighted by Crippen LogP contribution is 2.60. The van der Waals surface area contributed by atoms with E-state index < -0.39 is 28.9 Å². The highest BCUT2D eigenvalue weighted by Gasteiger charge is 2.73. The van der Waals surface area contributed by atoms with Gasteiger partial charge in [-0.1, -0.05) is 91.5 Å². The normalized spacial score (nSPS) is 27.9. The van der Waals surface area contributed by atoms with Crippen LogP contribution in [0.5, 0.6) is 0 Å². The molecule has 3 aromatic rings. The lowest BCUT2D eigenvalue weighted by atomic mass is 9.67. The molecular formula is C25H18O4. The Hall–Kier alpha value is -3.50. The molecule has 142 valence electrons. The maximum atomic E-state index is 13.8. The van der Waals surface area contributed by atoms with Gasteiger partial charge in [0.25, 0.3) is 0 Å². The van der Waals surface area contributed by atoms with Crippen molar-refractivity contribution in [3.8, 4) is 0 Å². The van der Waals surface area contributed by atoms with Crippen molar-refractivity contribution in [1.29, 1.82) is 0 Å². The second-order valence-electron chi connectivity index (χ2n) is 7.45. The molecule has 0 bridgehead atoms. The van der Waals surface area contributed by atoms with Crippen LogP contribution in [-0.2, 0) is 15.1 Å². The zero-order valence-electron chi connectivity index (χ0n) is 15.5. The van der Waals surface area contributed by atoms with Crippen LogP contribution in [0.1, 0.15) is 33.0 Å². The Morgan fingerprint density at radius 2 is 1.41 bits per heavy atom. The molecule has 5 rings (SSSR count). The Labute approximate surface area is 168 Å². The Balaban J connectivity index is 1.88. The highest BCUT2D eigenvalue weighted by molar-refractivity contribution is 6.14. The van der Waals surface area contributed by atoms with Gasteiger partial charge in [0.1, 0.15) is 0 Å². The van der Waals surface area contributed by atoms with Crippen molar-refractivity contribution in [2.45, 2.75) is 17.1 Å². The number of Topliss-reactive ketones (excluding diaryl/α,β-unsaturated/α-hetero) is 1. The van der Waals surface area contributed by atoms with E-state index in [9.17, 15) is 14.7 Å². The summed E-state index contributed by atoms with van der Waals surface area (Å²) in [6, 6.07) is 24.9. The molecule has 2 aliphatic rings. The lowest BCUT2D eigenvalue weighted by Gasteiger charge is -2.41.